The van der Waals surface area contributed by atoms with Gasteiger partial charge in [0.2, 0.25) is 5.95 Å². The highest BCUT2D eigenvalue weighted by Crippen LogP contribution is 2.12. The van der Waals surface area contributed by atoms with Crippen LogP contribution in [0.25, 0.3) is 0 Å². The molecule has 0 atom stereocenters. The first-order chi connectivity index (χ1) is 12.3. The van der Waals surface area contributed by atoms with Gasteiger partial charge in [-0.2, -0.15) is 0 Å². The predicted molar refractivity (Wildman–Crippen MR) is 102 cm³/mol. The molecule has 0 radical (unpaired) electrons. The molecule has 25 heavy (non-hydrogen) atoms. The third kappa shape index (κ3) is 4.88. The van der Waals surface area contributed by atoms with Crippen LogP contribution in [0.3, 0.4) is 0 Å². The summed E-state index contributed by atoms with van der Waals surface area (Å²) in [5, 5.41) is 4.56. The van der Waals surface area contributed by atoms with Gasteiger partial charge in [0.1, 0.15) is 0 Å². The Balaban J connectivity index is 1.55. The van der Waals surface area contributed by atoms with Crippen molar-refractivity contribution in [3.63, 3.8) is 0 Å². The zero-order chi connectivity index (χ0) is 17.5. The molecule has 1 fully saturated rings. The minimum Gasteiger partial charge on any atom is -0.357 e. The molecule has 3 rings (SSSR count). The Morgan fingerprint density at radius 3 is 2.60 bits per heavy atom. The van der Waals surface area contributed by atoms with Crippen LogP contribution in [0.4, 0.5) is 5.95 Å². The molecule has 0 saturated carbocycles. The molecule has 7 nitrogen and oxygen atoms in total. The van der Waals surface area contributed by atoms with E-state index in [1.54, 1.807) is 23.7 Å². The van der Waals surface area contributed by atoms with Crippen molar-refractivity contribution in [2.45, 2.75) is 20.3 Å². The van der Waals surface area contributed by atoms with Crippen molar-refractivity contribution in [3.8, 4) is 0 Å². The number of guanidine groups is 1. The molecule has 0 spiro atoms. The van der Waals surface area contributed by atoms with E-state index in [9.17, 15) is 0 Å². The quantitative estimate of drug-likeness (QED) is 0.646. The van der Waals surface area contributed by atoms with Crippen molar-refractivity contribution in [3.05, 3.63) is 34.5 Å². The van der Waals surface area contributed by atoms with Gasteiger partial charge in [-0.15, -0.1) is 11.3 Å². The SMILES string of the molecule is CCNC(=NCCc1ncc(C)s1)N1CCN(c2ncccn2)CC1. The topological polar surface area (TPSA) is 69.5 Å². The van der Waals surface area contributed by atoms with Crippen LogP contribution in [0.15, 0.2) is 29.6 Å². The summed E-state index contributed by atoms with van der Waals surface area (Å²) in [6, 6.07) is 1.85. The van der Waals surface area contributed by atoms with Crippen LogP contribution in [-0.2, 0) is 6.42 Å². The van der Waals surface area contributed by atoms with Crippen molar-refractivity contribution in [2.75, 3.05) is 44.2 Å². The van der Waals surface area contributed by atoms with Crippen molar-refractivity contribution >= 4 is 23.2 Å². The van der Waals surface area contributed by atoms with Crippen molar-refractivity contribution in [1.29, 1.82) is 0 Å². The molecule has 2 aromatic heterocycles. The maximum Gasteiger partial charge on any atom is 0.225 e. The number of hydrogen-bond donors (Lipinski definition) is 1. The lowest BCUT2D eigenvalue weighted by Gasteiger charge is -2.36. The van der Waals surface area contributed by atoms with Gasteiger partial charge in [0.25, 0.3) is 0 Å². The van der Waals surface area contributed by atoms with Crippen LogP contribution in [0, 0.1) is 6.92 Å². The molecule has 1 saturated heterocycles. The lowest BCUT2D eigenvalue weighted by molar-refractivity contribution is 0.370. The molecular formula is C17H25N7S. The summed E-state index contributed by atoms with van der Waals surface area (Å²) in [4.78, 5) is 23.7. The van der Waals surface area contributed by atoms with Gasteiger partial charge in [-0.25, -0.2) is 15.0 Å². The van der Waals surface area contributed by atoms with Crippen LogP contribution in [0.1, 0.15) is 16.8 Å². The molecule has 134 valence electrons. The Morgan fingerprint density at radius 2 is 1.96 bits per heavy atom. The summed E-state index contributed by atoms with van der Waals surface area (Å²) >= 11 is 1.75. The number of nitrogens with one attached hydrogen (secondary N) is 1. The van der Waals surface area contributed by atoms with E-state index < -0.39 is 0 Å². The standard InChI is InChI=1S/C17H25N7S/c1-3-18-16(21-8-5-15-22-13-14(2)25-15)23-9-11-24(12-10-23)17-19-6-4-7-20-17/h4,6-7,13H,3,5,8-12H2,1-2H3,(H,18,21). The molecule has 1 N–H and O–H groups in total. The second kappa shape index (κ2) is 8.75. The number of rotatable bonds is 5. The van der Waals surface area contributed by atoms with Crippen LogP contribution in [-0.4, -0.2) is 65.1 Å². The molecule has 1 aliphatic heterocycles. The normalized spacial score (nSPS) is 15.5. The largest absolute Gasteiger partial charge is 0.357 e. The number of aromatic nitrogens is 3. The third-order valence-electron chi connectivity index (χ3n) is 4.01. The van der Waals surface area contributed by atoms with Crippen LogP contribution in [0.5, 0.6) is 0 Å². The van der Waals surface area contributed by atoms with E-state index in [0.29, 0.717) is 0 Å². The summed E-state index contributed by atoms with van der Waals surface area (Å²) in [6.07, 6.45) is 6.41. The zero-order valence-corrected chi connectivity index (χ0v) is 15.7. The maximum absolute atomic E-state index is 4.79. The first-order valence-electron chi connectivity index (χ1n) is 8.73. The number of hydrogen-bond acceptors (Lipinski definition) is 6. The Labute approximate surface area is 152 Å². The Kier molecular flexibility index (Phi) is 6.16. The van der Waals surface area contributed by atoms with Gasteiger partial charge in [0, 0.05) is 69.2 Å². The highest BCUT2D eigenvalue weighted by Gasteiger charge is 2.20. The van der Waals surface area contributed by atoms with Gasteiger partial charge >= 0.3 is 0 Å². The molecule has 1 aliphatic rings. The van der Waals surface area contributed by atoms with Gasteiger partial charge in [-0.05, 0) is 19.9 Å². The van der Waals surface area contributed by atoms with Crippen molar-refractivity contribution in [1.82, 2.24) is 25.2 Å². The molecule has 3 heterocycles. The molecule has 0 amide bonds. The fraction of sp³-hybridized carbons (Fsp3) is 0.529. The van der Waals surface area contributed by atoms with Gasteiger partial charge in [-0.1, -0.05) is 0 Å². The summed E-state index contributed by atoms with van der Waals surface area (Å²) in [5.41, 5.74) is 0. The fourth-order valence-electron chi connectivity index (χ4n) is 2.77. The summed E-state index contributed by atoms with van der Waals surface area (Å²) < 4.78 is 0. The van der Waals surface area contributed by atoms with Gasteiger partial charge in [-0.3, -0.25) is 4.99 Å². The monoisotopic (exact) mass is 359 g/mol. The van der Waals surface area contributed by atoms with E-state index in [4.69, 9.17) is 4.99 Å². The van der Waals surface area contributed by atoms with Crippen molar-refractivity contribution < 1.29 is 0 Å². The molecule has 0 bridgehead atoms. The van der Waals surface area contributed by atoms with Crippen LogP contribution < -0.4 is 10.2 Å². The third-order valence-corrected chi connectivity index (χ3v) is 4.98. The highest BCUT2D eigenvalue weighted by molar-refractivity contribution is 7.11. The van der Waals surface area contributed by atoms with Crippen LogP contribution >= 0.6 is 11.3 Å². The van der Waals surface area contributed by atoms with Gasteiger partial charge < -0.3 is 15.1 Å². The Hall–Kier alpha value is -2.22. The number of piperazine rings is 1. The first kappa shape index (κ1) is 17.6. The number of anilines is 1. The second-order valence-electron chi connectivity index (χ2n) is 5.87. The zero-order valence-electron chi connectivity index (χ0n) is 14.9. The average molecular weight is 360 g/mol. The fourth-order valence-corrected chi connectivity index (χ4v) is 3.55. The molecule has 2 aromatic rings. The van der Waals surface area contributed by atoms with E-state index >= 15 is 0 Å². The van der Waals surface area contributed by atoms with Crippen LogP contribution in [0.2, 0.25) is 0 Å². The van der Waals surface area contributed by atoms with E-state index in [1.807, 2.05) is 12.3 Å². The average Bonchev–Trinajstić information content (AvgIpc) is 3.07. The molecule has 8 heteroatoms. The summed E-state index contributed by atoms with van der Waals surface area (Å²) in [5.74, 6) is 1.80. The minimum atomic E-state index is 0.761. The number of nitrogens with zero attached hydrogens (tertiary/aromatic N) is 6. The summed E-state index contributed by atoms with van der Waals surface area (Å²) in [7, 11) is 0. The van der Waals surface area contributed by atoms with E-state index in [2.05, 4.69) is 43.9 Å². The predicted octanol–water partition coefficient (Wildman–Crippen LogP) is 1.57. The van der Waals surface area contributed by atoms with E-state index in [-0.39, 0.29) is 0 Å². The number of thiazole rings is 1. The lowest BCUT2D eigenvalue weighted by Crippen LogP contribution is -2.53. The van der Waals surface area contributed by atoms with Crippen molar-refractivity contribution in [2.24, 2.45) is 4.99 Å². The summed E-state index contributed by atoms with van der Waals surface area (Å²) in [6.45, 7) is 9.47. The van der Waals surface area contributed by atoms with E-state index in [0.717, 1.165) is 62.6 Å². The molecule has 0 aromatic carbocycles. The Morgan fingerprint density at radius 1 is 1.20 bits per heavy atom. The number of aryl methyl sites for hydroxylation is 1. The molecular weight excluding hydrogens is 334 g/mol. The Bertz CT molecular complexity index is 677. The minimum absolute atomic E-state index is 0.761. The smallest absolute Gasteiger partial charge is 0.225 e. The van der Waals surface area contributed by atoms with Gasteiger partial charge in [0.15, 0.2) is 5.96 Å². The highest BCUT2D eigenvalue weighted by atomic mass is 32.1. The molecule has 0 unspecified atom stereocenters. The molecule has 0 aliphatic carbocycles. The lowest BCUT2D eigenvalue weighted by atomic mass is 10.3. The maximum atomic E-state index is 4.79. The van der Waals surface area contributed by atoms with E-state index in [1.165, 1.54) is 4.88 Å². The number of aliphatic imine (C=N–C) groups is 1. The van der Waals surface area contributed by atoms with Gasteiger partial charge in [0.05, 0.1) is 5.01 Å². The second-order valence-corrected chi connectivity index (χ2v) is 7.19. The first-order valence-corrected chi connectivity index (χ1v) is 9.54.